The molecule has 75 valence electrons. The molecular formula is C12H11N2O. The first-order valence-corrected chi connectivity index (χ1v) is 4.44. The predicted octanol–water partition coefficient (Wildman–Crippen LogP) is 1.77. The first-order chi connectivity index (χ1) is 7.17. The predicted molar refractivity (Wildman–Crippen MR) is 60.1 cm³/mol. The Kier molecular flexibility index (Phi) is 3.64. The third-order valence-electron chi connectivity index (χ3n) is 1.95. The van der Waals surface area contributed by atoms with E-state index >= 15 is 0 Å². The van der Waals surface area contributed by atoms with Crippen molar-refractivity contribution in [2.24, 2.45) is 0 Å². The van der Waals surface area contributed by atoms with Crippen LogP contribution in [-0.4, -0.2) is 20.4 Å². The molecule has 3 nitrogen and oxygen atoms in total. The molecule has 1 aromatic carbocycles. The molecule has 0 bridgehead atoms. The van der Waals surface area contributed by atoms with Gasteiger partial charge in [0.15, 0.2) is 0 Å². The summed E-state index contributed by atoms with van der Waals surface area (Å²) in [6.45, 7) is 0. The summed E-state index contributed by atoms with van der Waals surface area (Å²) in [5.41, 5.74) is 1.90. The molecule has 15 heavy (non-hydrogen) atoms. The second kappa shape index (κ2) is 4.97. The molecule has 0 amide bonds. The topological polar surface area (TPSA) is 44.1 Å². The molecule has 1 rings (SSSR count). The fourth-order valence-electron chi connectivity index (χ4n) is 1.12. The Labute approximate surface area is 89.2 Å². The molecule has 0 atom stereocenters. The number of rotatable bonds is 3. The Balaban J connectivity index is 2.95. The van der Waals surface area contributed by atoms with Gasteiger partial charge in [-0.05, 0) is 23.8 Å². The summed E-state index contributed by atoms with van der Waals surface area (Å²) >= 11 is 0. The van der Waals surface area contributed by atoms with Crippen molar-refractivity contribution >= 4 is 18.0 Å². The molecule has 0 aromatic heterocycles. The van der Waals surface area contributed by atoms with Gasteiger partial charge in [0.05, 0.1) is 0 Å². The zero-order valence-corrected chi connectivity index (χ0v) is 8.69. The minimum absolute atomic E-state index is 0.00704. The van der Waals surface area contributed by atoms with Crippen LogP contribution >= 0.6 is 0 Å². The first kappa shape index (κ1) is 11.0. The van der Waals surface area contributed by atoms with Gasteiger partial charge in [-0.25, -0.2) is 0 Å². The molecule has 1 aromatic rings. The van der Waals surface area contributed by atoms with E-state index in [1.807, 2.05) is 43.3 Å². The van der Waals surface area contributed by atoms with Crippen LogP contribution in [-0.2, 0) is 4.79 Å². The smallest absolute Gasteiger partial charge is 0.244 e. The Morgan fingerprint density at radius 1 is 1.33 bits per heavy atom. The molecule has 0 N–H and O–H groups in total. The third-order valence-corrected chi connectivity index (χ3v) is 1.95. The van der Waals surface area contributed by atoms with Crippen molar-refractivity contribution in [3.8, 4) is 6.07 Å². The number of nitriles is 1. The Morgan fingerprint density at radius 2 is 1.93 bits per heavy atom. The molecule has 1 radical (unpaired) electrons. The number of nitrogens with zero attached hydrogens (tertiary/aromatic N) is 2. The van der Waals surface area contributed by atoms with E-state index in [4.69, 9.17) is 5.26 Å². The van der Waals surface area contributed by atoms with Crippen molar-refractivity contribution in [1.29, 1.82) is 5.26 Å². The second-order valence-corrected chi connectivity index (χ2v) is 3.26. The lowest BCUT2D eigenvalue weighted by atomic mass is 10.1. The summed E-state index contributed by atoms with van der Waals surface area (Å²) in [6, 6.07) is 9.31. The number of anilines is 1. The van der Waals surface area contributed by atoms with Crippen molar-refractivity contribution in [3.63, 3.8) is 0 Å². The number of hydrogen-bond acceptors (Lipinski definition) is 3. The standard InChI is InChI=1S/C12H11N2O/c1-14(2)12-5-3-10(4-6-12)7-11(8-13)9-15/h3-7H,1-2H3. The van der Waals surface area contributed by atoms with Crippen LogP contribution in [0.5, 0.6) is 0 Å². The summed E-state index contributed by atoms with van der Waals surface area (Å²) in [7, 11) is 3.90. The third kappa shape index (κ3) is 2.96. The summed E-state index contributed by atoms with van der Waals surface area (Å²) < 4.78 is 0. The fourth-order valence-corrected chi connectivity index (χ4v) is 1.12. The van der Waals surface area contributed by atoms with Crippen LogP contribution in [0.15, 0.2) is 29.8 Å². The van der Waals surface area contributed by atoms with E-state index in [1.54, 1.807) is 12.4 Å². The van der Waals surface area contributed by atoms with Gasteiger partial charge in [0, 0.05) is 19.8 Å². The van der Waals surface area contributed by atoms with Gasteiger partial charge in [0.1, 0.15) is 11.6 Å². The van der Waals surface area contributed by atoms with Gasteiger partial charge >= 0.3 is 0 Å². The van der Waals surface area contributed by atoms with E-state index in [-0.39, 0.29) is 5.57 Å². The van der Waals surface area contributed by atoms with E-state index in [0.29, 0.717) is 0 Å². The Morgan fingerprint density at radius 3 is 2.33 bits per heavy atom. The average molecular weight is 199 g/mol. The molecule has 0 spiro atoms. The molecule has 0 heterocycles. The number of hydrogen-bond donors (Lipinski definition) is 0. The summed E-state index contributed by atoms with van der Waals surface area (Å²) in [6.07, 6.45) is 3.08. The van der Waals surface area contributed by atoms with Gasteiger partial charge in [-0.1, -0.05) is 12.1 Å². The monoisotopic (exact) mass is 199 g/mol. The SMILES string of the molecule is CN(C)c1ccc(C=C([C]=O)C#N)cc1. The molecule has 0 aliphatic carbocycles. The van der Waals surface area contributed by atoms with Crippen LogP contribution in [0.1, 0.15) is 5.56 Å². The van der Waals surface area contributed by atoms with E-state index in [2.05, 4.69) is 0 Å². The van der Waals surface area contributed by atoms with Crippen LogP contribution in [0.2, 0.25) is 0 Å². The van der Waals surface area contributed by atoms with Gasteiger partial charge < -0.3 is 4.90 Å². The molecule has 0 saturated carbocycles. The van der Waals surface area contributed by atoms with Crippen LogP contribution in [0.3, 0.4) is 0 Å². The number of allylic oxidation sites excluding steroid dienone is 1. The average Bonchev–Trinajstić information content (AvgIpc) is 2.26. The summed E-state index contributed by atoms with van der Waals surface area (Å²) in [4.78, 5) is 12.3. The zero-order chi connectivity index (χ0) is 11.3. The van der Waals surface area contributed by atoms with Gasteiger partial charge in [0.25, 0.3) is 0 Å². The largest absolute Gasteiger partial charge is 0.378 e. The Bertz CT molecular complexity index is 410. The van der Waals surface area contributed by atoms with Gasteiger partial charge in [-0.2, -0.15) is 5.26 Å². The quantitative estimate of drug-likeness (QED) is 0.550. The van der Waals surface area contributed by atoms with E-state index in [1.165, 1.54) is 6.08 Å². The lowest BCUT2D eigenvalue weighted by Crippen LogP contribution is -2.07. The molecule has 0 aliphatic heterocycles. The maximum absolute atomic E-state index is 10.3. The van der Waals surface area contributed by atoms with Gasteiger partial charge in [0.2, 0.25) is 6.29 Å². The van der Waals surface area contributed by atoms with Gasteiger partial charge in [-0.3, -0.25) is 4.79 Å². The summed E-state index contributed by atoms with van der Waals surface area (Å²) in [5.74, 6) is 0. The van der Waals surface area contributed by atoms with Crippen molar-refractivity contribution in [1.82, 2.24) is 0 Å². The molecule has 0 unspecified atom stereocenters. The number of benzene rings is 1. The summed E-state index contributed by atoms with van der Waals surface area (Å²) in [5, 5.41) is 8.54. The maximum atomic E-state index is 10.3. The minimum atomic E-state index is 0.00704. The van der Waals surface area contributed by atoms with Crippen LogP contribution in [0.25, 0.3) is 6.08 Å². The van der Waals surface area contributed by atoms with Gasteiger partial charge in [-0.15, -0.1) is 0 Å². The highest BCUT2D eigenvalue weighted by Crippen LogP contribution is 2.13. The van der Waals surface area contributed by atoms with Crippen molar-refractivity contribution in [2.75, 3.05) is 19.0 Å². The van der Waals surface area contributed by atoms with Crippen molar-refractivity contribution < 1.29 is 4.79 Å². The lowest BCUT2D eigenvalue weighted by molar-refractivity contribution is 0.563. The molecule has 0 fully saturated rings. The minimum Gasteiger partial charge on any atom is -0.378 e. The van der Waals surface area contributed by atoms with Crippen LogP contribution < -0.4 is 4.90 Å². The molecular weight excluding hydrogens is 188 g/mol. The van der Waals surface area contributed by atoms with E-state index in [0.717, 1.165) is 11.3 Å². The van der Waals surface area contributed by atoms with Crippen molar-refractivity contribution in [2.45, 2.75) is 0 Å². The fraction of sp³-hybridized carbons (Fsp3) is 0.167. The van der Waals surface area contributed by atoms with Crippen LogP contribution in [0, 0.1) is 11.3 Å². The number of carbonyl (C=O) groups excluding carboxylic acids is 1. The first-order valence-electron chi connectivity index (χ1n) is 4.44. The highest BCUT2D eigenvalue weighted by molar-refractivity contribution is 5.87. The molecule has 3 heteroatoms. The lowest BCUT2D eigenvalue weighted by Gasteiger charge is -2.11. The van der Waals surface area contributed by atoms with E-state index in [9.17, 15) is 4.79 Å². The normalized spacial score (nSPS) is 10.6. The highest BCUT2D eigenvalue weighted by Gasteiger charge is 1.96. The molecule has 0 aliphatic rings. The Hall–Kier alpha value is -2.08. The van der Waals surface area contributed by atoms with Crippen molar-refractivity contribution in [3.05, 3.63) is 35.4 Å². The van der Waals surface area contributed by atoms with E-state index < -0.39 is 0 Å². The maximum Gasteiger partial charge on any atom is 0.244 e. The van der Waals surface area contributed by atoms with Crippen LogP contribution in [0.4, 0.5) is 5.69 Å². The second-order valence-electron chi connectivity index (χ2n) is 3.26. The zero-order valence-electron chi connectivity index (χ0n) is 8.69. The highest BCUT2D eigenvalue weighted by atomic mass is 16.1. The molecule has 0 saturated heterocycles.